The Labute approximate surface area is 125 Å². The Morgan fingerprint density at radius 2 is 2.45 bits per heavy atom. The molecular formula is C15H21ClN2O2. The first-order valence-corrected chi connectivity index (χ1v) is 7.59. The first-order chi connectivity index (χ1) is 9.72. The van der Waals surface area contributed by atoms with Gasteiger partial charge in [-0.25, -0.2) is 0 Å². The first-order valence-electron chi connectivity index (χ1n) is 7.21. The molecule has 0 aromatic carbocycles. The zero-order valence-corrected chi connectivity index (χ0v) is 12.6. The molecule has 1 aromatic heterocycles. The molecule has 2 atom stereocenters. The number of aromatic nitrogens is 1. The van der Waals surface area contributed by atoms with Crippen molar-refractivity contribution in [1.29, 1.82) is 0 Å². The lowest BCUT2D eigenvalue weighted by molar-refractivity contribution is -0.145. The Morgan fingerprint density at radius 3 is 3.10 bits per heavy atom. The highest BCUT2D eigenvalue weighted by Gasteiger charge is 2.47. The van der Waals surface area contributed by atoms with E-state index in [-0.39, 0.29) is 11.7 Å². The number of piperidine rings is 1. The fourth-order valence-electron chi connectivity index (χ4n) is 3.42. The van der Waals surface area contributed by atoms with Crippen molar-refractivity contribution in [1.82, 2.24) is 9.88 Å². The molecule has 0 saturated carbocycles. The van der Waals surface area contributed by atoms with E-state index in [2.05, 4.69) is 9.88 Å². The highest BCUT2D eigenvalue weighted by atomic mass is 35.5. The van der Waals surface area contributed by atoms with Gasteiger partial charge < -0.3 is 9.47 Å². The molecule has 0 unspecified atom stereocenters. The van der Waals surface area contributed by atoms with Gasteiger partial charge in [-0.05, 0) is 31.4 Å². The molecule has 2 fully saturated rings. The van der Waals surface area contributed by atoms with Crippen LogP contribution in [-0.4, -0.2) is 48.4 Å². The maximum Gasteiger partial charge on any atom is 0.107 e. The molecule has 110 valence electrons. The standard InChI is InChI=1S/C15H21ClN2O2/c1-19-14-5-7-18(11-15(14)6-2-8-20-15)10-13-4-3-12(16)9-17-13/h3-4,9,14H,2,5-8,10-11H2,1H3/t14-,15-/m0/s1. The van der Waals surface area contributed by atoms with E-state index < -0.39 is 0 Å². The third-order valence-corrected chi connectivity index (χ3v) is 4.60. The summed E-state index contributed by atoms with van der Waals surface area (Å²) in [6.07, 6.45) is 5.17. The topological polar surface area (TPSA) is 34.6 Å². The van der Waals surface area contributed by atoms with Gasteiger partial charge >= 0.3 is 0 Å². The number of likely N-dealkylation sites (tertiary alicyclic amines) is 1. The van der Waals surface area contributed by atoms with E-state index in [1.54, 1.807) is 13.3 Å². The van der Waals surface area contributed by atoms with Crippen LogP contribution in [0.1, 0.15) is 25.0 Å². The molecule has 5 heteroatoms. The number of rotatable bonds is 3. The smallest absolute Gasteiger partial charge is 0.107 e. The lowest BCUT2D eigenvalue weighted by Crippen LogP contribution is -2.56. The van der Waals surface area contributed by atoms with Crippen LogP contribution in [0, 0.1) is 0 Å². The molecule has 2 saturated heterocycles. The summed E-state index contributed by atoms with van der Waals surface area (Å²) >= 11 is 5.88. The number of hydrogen-bond donors (Lipinski definition) is 0. The molecule has 0 aliphatic carbocycles. The van der Waals surface area contributed by atoms with E-state index in [1.807, 2.05) is 12.1 Å². The Hall–Kier alpha value is -0.680. The van der Waals surface area contributed by atoms with Crippen LogP contribution < -0.4 is 0 Å². The number of hydrogen-bond acceptors (Lipinski definition) is 4. The van der Waals surface area contributed by atoms with Gasteiger partial charge in [0.1, 0.15) is 5.60 Å². The number of pyridine rings is 1. The van der Waals surface area contributed by atoms with Crippen LogP contribution in [0.15, 0.2) is 18.3 Å². The van der Waals surface area contributed by atoms with Gasteiger partial charge in [0.2, 0.25) is 0 Å². The lowest BCUT2D eigenvalue weighted by atomic mass is 9.87. The van der Waals surface area contributed by atoms with Crippen molar-refractivity contribution in [2.45, 2.75) is 37.5 Å². The van der Waals surface area contributed by atoms with Gasteiger partial charge in [-0.2, -0.15) is 0 Å². The third kappa shape index (κ3) is 2.84. The summed E-state index contributed by atoms with van der Waals surface area (Å²) < 4.78 is 11.7. The maximum absolute atomic E-state index is 6.06. The van der Waals surface area contributed by atoms with Crippen LogP contribution in [0.5, 0.6) is 0 Å². The van der Waals surface area contributed by atoms with Gasteiger partial charge in [-0.3, -0.25) is 9.88 Å². The summed E-state index contributed by atoms with van der Waals surface area (Å²) in [6, 6.07) is 3.89. The largest absolute Gasteiger partial charge is 0.378 e. The molecule has 3 heterocycles. The summed E-state index contributed by atoms with van der Waals surface area (Å²) in [7, 11) is 1.80. The quantitative estimate of drug-likeness (QED) is 0.858. The van der Waals surface area contributed by atoms with Gasteiger partial charge in [-0.15, -0.1) is 0 Å². The minimum absolute atomic E-state index is 0.112. The summed E-state index contributed by atoms with van der Waals surface area (Å²) in [6.45, 7) is 3.65. The minimum atomic E-state index is -0.112. The van der Waals surface area contributed by atoms with Gasteiger partial charge in [0.15, 0.2) is 0 Å². The number of methoxy groups -OCH3 is 1. The molecule has 4 nitrogen and oxygen atoms in total. The van der Waals surface area contributed by atoms with Crippen LogP contribution in [-0.2, 0) is 16.0 Å². The molecule has 0 N–H and O–H groups in total. The molecule has 0 bridgehead atoms. The van der Waals surface area contributed by atoms with E-state index in [9.17, 15) is 0 Å². The van der Waals surface area contributed by atoms with Crippen LogP contribution >= 0.6 is 11.6 Å². The van der Waals surface area contributed by atoms with Crippen molar-refractivity contribution in [2.24, 2.45) is 0 Å². The predicted molar refractivity (Wildman–Crippen MR) is 77.9 cm³/mol. The number of nitrogens with zero attached hydrogens (tertiary/aromatic N) is 2. The molecule has 1 spiro atoms. The highest BCUT2D eigenvalue weighted by Crippen LogP contribution is 2.36. The molecule has 0 amide bonds. The second-order valence-corrected chi connectivity index (χ2v) is 6.14. The molecule has 0 radical (unpaired) electrons. The van der Waals surface area contributed by atoms with E-state index in [4.69, 9.17) is 21.1 Å². The van der Waals surface area contributed by atoms with Crippen molar-refractivity contribution in [3.05, 3.63) is 29.0 Å². The zero-order valence-electron chi connectivity index (χ0n) is 11.8. The Morgan fingerprint density at radius 1 is 1.55 bits per heavy atom. The van der Waals surface area contributed by atoms with E-state index >= 15 is 0 Å². The Bertz CT molecular complexity index is 446. The fourth-order valence-corrected chi connectivity index (χ4v) is 3.53. The van der Waals surface area contributed by atoms with E-state index in [1.165, 1.54) is 0 Å². The average molecular weight is 297 g/mol. The fraction of sp³-hybridized carbons (Fsp3) is 0.667. The van der Waals surface area contributed by atoms with Gasteiger partial charge in [-0.1, -0.05) is 11.6 Å². The Balaban J connectivity index is 1.68. The lowest BCUT2D eigenvalue weighted by Gasteiger charge is -2.44. The molecular weight excluding hydrogens is 276 g/mol. The maximum atomic E-state index is 6.06. The second kappa shape index (κ2) is 5.98. The second-order valence-electron chi connectivity index (χ2n) is 5.71. The van der Waals surface area contributed by atoms with Crippen LogP contribution in [0.2, 0.25) is 5.02 Å². The molecule has 20 heavy (non-hydrogen) atoms. The molecule has 2 aliphatic rings. The van der Waals surface area contributed by atoms with Crippen LogP contribution in [0.4, 0.5) is 0 Å². The van der Waals surface area contributed by atoms with Crippen LogP contribution in [0.25, 0.3) is 0 Å². The van der Waals surface area contributed by atoms with Crippen molar-refractivity contribution in [3.63, 3.8) is 0 Å². The molecule has 1 aromatic rings. The minimum Gasteiger partial charge on any atom is -0.378 e. The van der Waals surface area contributed by atoms with Gasteiger partial charge in [0, 0.05) is 39.5 Å². The molecule has 2 aliphatic heterocycles. The number of ether oxygens (including phenoxy) is 2. The van der Waals surface area contributed by atoms with Crippen LogP contribution in [0.3, 0.4) is 0 Å². The summed E-state index contributed by atoms with van der Waals surface area (Å²) in [5.74, 6) is 0. The normalized spacial score (nSPS) is 31.0. The SMILES string of the molecule is CO[C@H]1CCN(Cc2ccc(Cl)cn2)C[C@@]12CCCO2. The monoisotopic (exact) mass is 296 g/mol. The summed E-state index contributed by atoms with van der Waals surface area (Å²) in [4.78, 5) is 6.79. The first kappa shape index (κ1) is 14.3. The van der Waals surface area contributed by atoms with Crippen molar-refractivity contribution in [2.75, 3.05) is 26.8 Å². The van der Waals surface area contributed by atoms with Crippen molar-refractivity contribution < 1.29 is 9.47 Å². The van der Waals surface area contributed by atoms with E-state index in [0.29, 0.717) is 5.02 Å². The summed E-state index contributed by atoms with van der Waals surface area (Å²) in [5.41, 5.74) is 0.942. The predicted octanol–water partition coefficient (Wildman–Crippen LogP) is 2.50. The highest BCUT2D eigenvalue weighted by molar-refractivity contribution is 6.30. The zero-order chi connectivity index (χ0) is 14.0. The van der Waals surface area contributed by atoms with Crippen molar-refractivity contribution in [3.8, 4) is 0 Å². The van der Waals surface area contributed by atoms with E-state index in [0.717, 1.165) is 51.2 Å². The third-order valence-electron chi connectivity index (χ3n) is 4.38. The number of halogens is 1. The molecule has 3 rings (SSSR count). The summed E-state index contributed by atoms with van der Waals surface area (Å²) in [5, 5.41) is 0.683. The van der Waals surface area contributed by atoms with Gasteiger partial charge in [0.25, 0.3) is 0 Å². The Kier molecular flexibility index (Phi) is 4.26. The average Bonchev–Trinajstić information content (AvgIpc) is 2.90. The van der Waals surface area contributed by atoms with Crippen molar-refractivity contribution >= 4 is 11.6 Å². The van der Waals surface area contributed by atoms with Gasteiger partial charge in [0.05, 0.1) is 16.8 Å².